The summed E-state index contributed by atoms with van der Waals surface area (Å²) < 4.78 is 5.57. The quantitative estimate of drug-likeness (QED) is 0.862. The lowest BCUT2D eigenvalue weighted by Crippen LogP contribution is -2.29. The second-order valence-electron chi connectivity index (χ2n) is 6.16. The monoisotopic (exact) mass is 247 g/mol. The third-order valence-corrected chi connectivity index (χ3v) is 3.77. The Kier molecular flexibility index (Phi) is 3.96. The topological polar surface area (TPSA) is 21.3 Å². The highest BCUT2D eigenvalue weighted by Crippen LogP contribution is 2.33. The first kappa shape index (κ1) is 13.4. The van der Waals surface area contributed by atoms with E-state index >= 15 is 0 Å². The molecule has 0 saturated heterocycles. The summed E-state index contributed by atoms with van der Waals surface area (Å²) in [6.45, 7) is 10.9. The maximum Gasteiger partial charge on any atom is 0.122 e. The van der Waals surface area contributed by atoms with Crippen LogP contribution < -0.4 is 10.1 Å². The van der Waals surface area contributed by atoms with Crippen LogP contribution in [0.3, 0.4) is 0 Å². The molecule has 0 atom stereocenters. The molecular weight excluding hydrogens is 222 g/mol. The van der Waals surface area contributed by atoms with Gasteiger partial charge in [-0.15, -0.1) is 0 Å². The highest BCUT2D eigenvalue weighted by Gasteiger charge is 2.22. The van der Waals surface area contributed by atoms with Crippen molar-refractivity contribution in [1.82, 2.24) is 5.32 Å². The third-order valence-electron chi connectivity index (χ3n) is 3.77. The van der Waals surface area contributed by atoms with Gasteiger partial charge >= 0.3 is 0 Å². The van der Waals surface area contributed by atoms with Crippen LogP contribution in [0.4, 0.5) is 0 Å². The maximum atomic E-state index is 5.57. The molecule has 0 unspecified atom stereocenters. The van der Waals surface area contributed by atoms with Gasteiger partial charge in [0.25, 0.3) is 0 Å². The van der Waals surface area contributed by atoms with E-state index in [4.69, 9.17) is 4.74 Å². The molecule has 2 heteroatoms. The zero-order valence-electron chi connectivity index (χ0n) is 12.0. The Bertz CT molecular complexity index is 410. The van der Waals surface area contributed by atoms with Gasteiger partial charge in [-0.3, -0.25) is 0 Å². The number of hydrogen-bond acceptors (Lipinski definition) is 2. The fraction of sp³-hybridized carbons (Fsp3) is 0.625. The lowest BCUT2D eigenvalue weighted by atomic mass is 9.80. The first-order chi connectivity index (χ1) is 8.49. The van der Waals surface area contributed by atoms with Crippen molar-refractivity contribution >= 4 is 0 Å². The second-order valence-corrected chi connectivity index (χ2v) is 6.16. The standard InChI is InChI=1S/C16H25NO/c1-12(2)17-9-8-16(3,4)14-5-6-15-13(11-14)7-10-18-15/h5-6,11-12,17H,7-10H2,1-4H3. The van der Waals surface area contributed by atoms with Gasteiger partial charge in [-0.2, -0.15) is 0 Å². The van der Waals surface area contributed by atoms with Crippen LogP contribution in [0.15, 0.2) is 18.2 Å². The van der Waals surface area contributed by atoms with Crippen molar-refractivity contribution in [2.75, 3.05) is 13.2 Å². The molecule has 2 nitrogen and oxygen atoms in total. The summed E-state index contributed by atoms with van der Waals surface area (Å²) in [6.07, 6.45) is 2.22. The van der Waals surface area contributed by atoms with Crippen molar-refractivity contribution < 1.29 is 4.74 Å². The van der Waals surface area contributed by atoms with Gasteiger partial charge in [-0.1, -0.05) is 39.8 Å². The second kappa shape index (κ2) is 5.31. The Morgan fingerprint density at radius 1 is 1.33 bits per heavy atom. The fourth-order valence-corrected chi connectivity index (χ4v) is 2.43. The van der Waals surface area contributed by atoms with Crippen LogP contribution in [0.5, 0.6) is 5.75 Å². The predicted molar refractivity (Wildman–Crippen MR) is 76.4 cm³/mol. The van der Waals surface area contributed by atoms with E-state index in [1.807, 2.05) is 0 Å². The molecule has 1 aliphatic heterocycles. The maximum absolute atomic E-state index is 5.57. The molecular formula is C16H25NO. The highest BCUT2D eigenvalue weighted by molar-refractivity contribution is 5.42. The van der Waals surface area contributed by atoms with E-state index in [1.165, 1.54) is 11.1 Å². The SMILES string of the molecule is CC(C)NCCC(C)(C)c1ccc2c(c1)CCO2. The molecule has 18 heavy (non-hydrogen) atoms. The van der Waals surface area contributed by atoms with E-state index in [2.05, 4.69) is 51.2 Å². The third kappa shape index (κ3) is 3.05. The Hall–Kier alpha value is -1.02. The van der Waals surface area contributed by atoms with Crippen molar-refractivity contribution in [2.24, 2.45) is 0 Å². The average molecular weight is 247 g/mol. The highest BCUT2D eigenvalue weighted by atomic mass is 16.5. The molecule has 0 bridgehead atoms. The number of ether oxygens (including phenoxy) is 1. The van der Waals surface area contributed by atoms with Crippen LogP contribution in [0.2, 0.25) is 0 Å². The van der Waals surface area contributed by atoms with E-state index in [1.54, 1.807) is 0 Å². The average Bonchev–Trinajstić information content (AvgIpc) is 2.74. The lowest BCUT2D eigenvalue weighted by Gasteiger charge is -2.26. The molecule has 0 fully saturated rings. The van der Waals surface area contributed by atoms with E-state index in [0.29, 0.717) is 6.04 Å². The zero-order valence-corrected chi connectivity index (χ0v) is 12.0. The summed E-state index contributed by atoms with van der Waals surface area (Å²) in [5, 5.41) is 3.50. The molecule has 2 rings (SSSR count). The van der Waals surface area contributed by atoms with Gasteiger partial charge < -0.3 is 10.1 Å². The van der Waals surface area contributed by atoms with Crippen molar-refractivity contribution in [3.05, 3.63) is 29.3 Å². The summed E-state index contributed by atoms with van der Waals surface area (Å²) in [7, 11) is 0. The van der Waals surface area contributed by atoms with Gasteiger partial charge in [-0.05, 0) is 35.6 Å². The van der Waals surface area contributed by atoms with Crippen LogP contribution in [-0.2, 0) is 11.8 Å². The van der Waals surface area contributed by atoms with Crippen LogP contribution in [0.25, 0.3) is 0 Å². The molecule has 0 aliphatic carbocycles. The summed E-state index contributed by atoms with van der Waals surface area (Å²) >= 11 is 0. The number of benzene rings is 1. The van der Waals surface area contributed by atoms with Crippen molar-refractivity contribution in [1.29, 1.82) is 0 Å². The minimum atomic E-state index is 0.222. The number of rotatable bonds is 5. The first-order valence-corrected chi connectivity index (χ1v) is 6.98. The van der Waals surface area contributed by atoms with Gasteiger partial charge in [0.2, 0.25) is 0 Å². The summed E-state index contributed by atoms with van der Waals surface area (Å²) in [4.78, 5) is 0. The number of fused-ring (bicyclic) bond motifs is 1. The molecule has 0 spiro atoms. The summed E-state index contributed by atoms with van der Waals surface area (Å²) in [5.74, 6) is 1.08. The Morgan fingerprint density at radius 3 is 2.83 bits per heavy atom. The molecule has 0 aromatic heterocycles. The Morgan fingerprint density at radius 2 is 2.11 bits per heavy atom. The molecule has 0 saturated carbocycles. The minimum Gasteiger partial charge on any atom is -0.493 e. The van der Waals surface area contributed by atoms with Gasteiger partial charge in [0, 0.05) is 12.5 Å². The Labute approximate surface area is 111 Å². The fourth-order valence-electron chi connectivity index (χ4n) is 2.43. The molecule has 100 valence electrons. The first-order valence-electron chi connectivity index (χ1n) is 6.98. The smallest absolute Gasteiger partial charge is 0.122 e. The summed E-state index contributed by atoms with van der Waals surface area (Å²) in [6, 6.07) is 7.25. The zero-order chi connectivity index (χ0) is 13.2. The van der Waals surface area contributed by atoms with Gasteiger partial charge in [0.15, 0.2) is 0 Å². The number of hydrogen-bond donors (Lipinski definition) is 1. The molecule has 0 radical (unpaired) electrons. The Balaban J connectivity index is 2.04. The minimum absolute atomic E-state index is 0.222. The van der Waals surface area contributed by atoms with Crippen LogP contribution in [0, 0.1) is 0 Å². The van der Waals surface area contributed by atoms with Crippen molar-refractivity contribution in [3.63, 3.8) is 0 Å². The van der Waals surface area contributed by atoms with Gasteiger partial charge in [-0.25, -0.2) is 0 Å². The molecule has 1 aromatic carbocycles. The van der Waals surface area contributed by atoms with E-state index in [0.717, 1.165) is 31.7 Å². The summed E-state index contributed by atoms with van der Waals surface area (Å²) in [5.41, 5.74) is 3.02. The van der Waals surface area contributed by atoms with Crippen molar-refractivity contribution in [2.45, 2.75) is 52.0 Å². The number of nitrogens with one attached hydrogen (secondary N) is 1. The molecule has 1 N–H and O–H groups in total. The van der Waals surface area contributed by atoms with Crippen LogP contribution in [0.1, 0.15) is 45.2 Å². The van der Waals surface area contributed by atoms with Crippen molar-refractivity contribution in [3.8, 4) is 5.75 Å². The largest absolute Gasteiger partial charge is 0.493 e. The van der Waals surface area contributed by atoms with E-state index in [9.17, 15) is 0 Å². The predicted octanol–water partition coefficient (Wildman–Crippen LogP) is 3.29. The molecule has 0 amide bonds. The van der Waals surface area contributed by atoms with Crippen LogP contribution >= 0.6 is 0 Å². The normalized spacial score (nSPS) is 14.7. The van der Waals surface area contributed by atoms with E-state index in [-0.39, 0.29) is 5.41 Å². The van der Waals surface area contributed by atoms with Gasteiger partial charge in [0.1, 0.15) is 5.75 Å². The molecule has 1 aliphatic rings. The molecule has 1 aromatic rings. The van der Waals surface area contributed by atoms with Crippen LogP contribution in [-0.4, -0.2) is 19.2 Å². The van der Waals surface area contributed by atoms with E-state index < -0.39 is 0 Å². The lowest BCUT2D eigenvalue weighted by molar-refractivity contribution is 0.356. The molecule has 1 heterocycles. The van der Waals surface area contributed by atoms with Gasteiger partial charge in [0.05, 0.1) is 6.61 Å².